The lowest BCUT2D eigenvalue weighted by Crippen LogP contribution is -2.49. The number of aromatic nitrogens is 4. The van der Waals surface area contributed by atoms with Gasteiger partial charge >= 0.3 is 0 Å². The number of nitrogens with one attached hydrogen (secondary N) is 1. The van der Waals surface area contributed by atoms with E-state index in [-0.39, 0.29) is 5.91 Å². The van der Waals surface area contributed by atoms with Gasteiger partial charge in [0.25, 0.3) is 0 Å². The molecule has 0 radical (unpaired) electrons. The molecule has 1 N–H and O–H groups in total. The largest absolute Gasteiger partial charge is 0.355 e. The molecule has 1 fully saturated rings. The molecule has 0 bridgehead atoms. The van der Waals surface area contributed by atoms with E-state index in [1.54, 1.807) is 0 Å². The Bertz CT molecular complexity index is 454. The highest BCUT2D eigenvalue weighted by molar-refractivity contribution is 5.77. The summed E-state index contributed by atoms with van der Waals surface area (Å²) in [5, 5.41) is 14.8. The third kappa shape index (κ3) is 5.03. The van der Waals surface area contributed by atoms with Crippen LogP contribution in [0.15, 0.2) is 0 Å². The monoisotopic (exact) mass is 309 g/mol. The first-order chi connectivity index (χ1) is 10.7. The molecular weight excluding hydrogens is 282 g/mol. The lowest BCUT2D eigenvalue weighted by molar-refractivity contribution is -0.122. The molecule has 2 heterocycles. The molecule has 1 amide bonds. The first-order valence-electron chi connectivity index (χ1n) is 8.19. The Balaban J connectivity index is 1.73. The number of aryl methyl sites for hydroxylation is 1. The quantitative estimate of drug-likeness (QED) is 0.712. The van der Waals surface area contributed by atoms with Crippen molar-refractivity contribution in [3.63, 3.8) is 0 Å². The standard InChI is InChI=1S/C14H27N7O/c1-3-5-15-14(22)12-20-9-7-19(8-10-20)11-13-16-17-18-21(13)6-4-2/h3-12H2,1-2H3,(H,15,22). The van der Waals surface area contributed by atoms with Crippen LogP contribution in [-0.2, 0) is 17.9 Å². The van der Waals surface area contributed by atoms with Gasteiger partial charge in [-0.25, -0.2) is 4.68 Å². The van der Waals surface area contributed by atoms with Gasteiger partial charge < -0.3 is 5.32 Å². The Morgan fingerprint density at radius 1 is 1.14 bits per heavy atom. The average Bonchev–Trinajstić information content (AvgIpc) is 2.95. The number of carbonyl (C=O) groups is 1. The molecule has 8 nitrogen and oxygen atoms in total. The van der Waals surface area contributed by atoms with Crippen LogP contribution in [-0.4, -0.2) is 75.2 Å². The summed E-state index contributed by atoms with van der Waals surface area (Å²) < 4.78 is 1.88. The SMILES string of the molecule is CCCNC(=O)CN1CCN(Cc2nnnn2CCC)CC1. The van der Waals surface area contributed by atoms with Crippen molar-refractivity contribution < 1.29 is 4.79 Å². The molecule has 0 saturated carbocycles. The maximum absolute atomic E-state index is 11.7. The second kappa shape index (κ2) is 8.79. The van der Waals surface area contributed by atoms with Gasteiger partial charge in [0, 0.05) is 39.3 Å². The molecule has 8 heteroatoms. The summed E-state index contributed by atoms with van der Waals surface area (Å²) in [6.45, 7) is 10.8. The molecule has 1 aliphatic rings. The highest BCUT2D eigenvalue weighted by atomic mass is 16.2. The molecule has 1 aliphatic heterocycles. The van der Waals surface area contributed by atoms with Gasteiger partial charge in [-0.1, -0.05) is 13.8 Å². The van der Waals surface area contributed by atoms with Gasteiger partial charge in [-0.05, 0) is 23.3 Å². The van der Waals surface area contributed by atoms with Crippen molar-refractivity contribution in [2.45, 2.75) is 39.8 Å². The number of carbonyl (C=O) groups excluding carboxylic acids is 1. The summed E-state index contributed by atoms with van der Waals surface area (Å²) in [5.74, 6) is 1.05. The smallest absolute Gasteiger partial charge is 0.234 e. The average molecular weight is 309 g/mol. The third-order valence-electron chi connectivity index (χ3n) is 3.81. The molecule has 0 aliphatic carbocycles. The van der Waals surface area contributed by atoms with E-state index in [1.807, 2.05) is 4.68 Å². The molecule has 1 aromatic rings. The number of piperazine rings is 1. The van der Waals surface area contributed by atoms with Crippen LogP contribution in [0.1, 0.15) is 32.5 Å². The highest BCUT2D eigenvalue weighted by Gasteiger charge is 2.20. The second-order valence-corrected chi connectivity index (χ2v) is 5.72. The van der Waals surface area contributed by atoms with Crippen LogP contribution < -0.4 is 5.32 Å². The first-order valence-corrected chi connectivity index (χ1v) is 8.19. The van der Waals surface area contributed by atoms with Gasteiger partial charge in [-0.3, -0.25) is 14.6 Å². The predicted octanol–water partition coefficient (Wildman–Crippen LogP) is -0.273. The molecular formula is C14H27N7O. The molecule has 1 aromatic heterocycles. The van der Waals surface area contributed by atoms with Crippen molar-refractivity contribution in [3.05, 3.63) is 5.82 Å². The predicted molar refractivity (Wildman–Crippen MR) is 83.1 cm³/mol. The molecule has 0 atom stereocenters. The Kier molecular flexibility index (Phi) is 6.73. The minimum Gasteiger partial charge on any atom is -0.355 e. The maximum atomic E-state index is 11.7. The molecule has 0 spiro atoms. The van der Waals surface area contributed by atoms with Gasteiger partial charge in [-0.2, -0.15) is 0 Å². The van der Waals surface area contributed by atoms with Gasteiger partial charge in [0.05, 0.1) is 13.1 Å². The molecule has 124 valence electrons. The summed E-state index contributed by atoms with van der Waals surface area (Å²) >= 11 is 0. The third-order valence-corrected chi connectivity index (χ3v) is 3.81. The molecule has 22 heavy (non-hydrogen) atoms. The first kappa shape index (κ1) is 16.8. The Morgan fingerprint density at radius 3 is 2.55 bits per heavy atom. The van der Waals surface area contributed by atoms with E-state index in [9.17, 15) is 4.79 Å². The topological polar surface area (TPSA) is 79.2 Å². The number of rotatable bonds is 8. The van der Waals surface area contributed by atoms with Gasteiger partial charge in [-0.15, -0.1) is 5.10 Å². The van der Waals surface area contributed by atoms with Crippen LogP contribution in [0.2, 0.25) is 0 Å². The van der Waals surface area contributed by atoms with Crippen molar-refractivity contribution in [2.75, 3.05) is 39.3 Å². The number of tetrazole rings is 1. The van der Waals surface area contributed by atoms with Crippen molar-refractivity contribution in [1.29, 1.82) is 0 Å². The van der Waals surface area contributed by atoms with E-state index in [1.165, 1.54) is 0 Å². The van der Waals surface area contributed by atoms with Crippen molar-refractivity contribution in [1.82, 2.24) is 35.3 Å². The van der Waals surface area contributed by atoms with Crippen molar-refractivity contribution >= 4 is 5.91 Å². The van der Waals surface area contributed by atoms with Crippen LogP contribution in [0.4, 0.5) is 0 Å². The number of amides is 1. The van der Waals surface area contributed by atoms with E-state index >= 15 is 0 Å². The van der Waals surface area contributed by atoms with Gasteiger partial charge in [0.1, 0.15) is 0 Å². The number of hydrogen-bond donors (Lipinski definition) is 1. The fraction of sp³-hybridized carbons (Fsp3) is 0.857. The van der Waals surface area contributed by atoms with E-state index < -0.39 is 0 Å². The molecule has 2 rings (SSSR count). The zero-order valence-corrected chi connectivity index (χ0v) is 13.7. The normalized spacial score (nSPS) is 16.8. The van der Waals surface area contributed by atoms with Gasteiger partial charge in [0.15, 0.2) is 5.82 Å². The fourth-order valence-electron chi connectivity index (χ4n) is 2.55. The summed E-state index contributed by atoms with van der Waals surface area (Å²) in [5.41, 5.74) is 0. The van der Waals surface area contributed by atoms with E-state index in [4.69, 9.17) is 0 Å². The number of hydrogen-bond acceptors (Lipinski definition) is 6. The van der Waals surface area contributed by atoms with Crippen LogP contribution in [0.3, 0.4) is 0 Å². The lowest BCUT2D eigenvalue weighted by Gasteiger charge is -2.33. The maximum Gasteiger partial charge on any atom is 0.234 e. The Morgan fingerprint density at radius 2 is 1.86 bits per heavy atom. The zero-order valence-electron chi connectivity index (χ0n) is 13.7. The lowest BCUT2D eigenvalue weighted by atomic mass is 10.3. The summed E-state index contributed by atoms with van der Waals surface area (Å²) in [6.07, 6.45) is 2.00. The minimum absolute atomic E-state index is 0.127. The van der Waals surface area contributed by atoms with Crippen LogP contribution in [0.5, 0.6) is 0 Å². The molecule has 1 saturated heterocycles. The minimum atomic E-state index is 0.127. The van der Waals surface area contributed by atoms with Crippen LogP contribution >= 0.6 is 0 Å². The second-order valence-electron chi connectivity index (χ2n) is 5.72. The summed E-state index contributed by atoms with van der Waals surface area (Å²) in [6, 6.07) is 0. The van der Waals surface area contributed by atoms with Crippen molar-refractivity contribution in [3.8, 4) is 0 Å². The fourth-order valence-corrected chi connectivity index (χ4v) is 2.55. The molecule has 0 aromatic carbocycles. The van der Waals surface area contributed by atoms with Crippen LogP contribution in [0, 0.1) is 0 Å². The zero-order chi connectivity index (χ0) is 15.8. The number of nitrogens with zero attached hydrogens (tertiary/aromatic N) is 6. The van der Waals surface area contributed by atoms with Crippen LogP contribution in [0.25, 0.3) is 0 Å². The Labute approximate surface area is 131 Å². The Hall–Kier alpha value is -1.54. The van der Waals surface area contributed by atoms with E-state index in [0.717, 1.165) is 64.5 Å². The van der Waals surface area contributed by atoms with Gasteiger partial charge in [0.2, 0.25) is 5.91 Å². The van der Waals surface area contributed by atoms with Crippen molar-refractivity contribution in [2.24, 2.45) is 0 Å². The van der Waals surface area contributed by atoms with E-state index in [0.29, 0.717) is 6.54 Å². The summed E-state index contributed by atoms with van der Waals surface area (Å²) in [4.78, 5) is 16.3. The summed E-state index contributed by atoms with van der Waals surface area (Å²) in [7, 11) is 0. The van der Waals surface area contributed by atoms with E-state index in [2.05, 4.69) is 44.5 Å². The molecule has 0 unspecified atom stereocenters. The highest BCUT2D eigenvalue weighted by Crippen LogP contribution is 2.06.